The van der Waals surface area contributed by atoms with Crippen LogP contribution in [0.1, 0.15) is 35.2 Å². The molecule has 2 fully saturated rings. The van der Waals surface area contributed by atoms with E-state index in [9.17, 15) is 18.8 Å². The second-order valence-electron chi connectivity index (χ2n) is 8.33. The van der Waals surface area contributed by atoms with Crippen molar-refractivity contribution in [2.45, 2.75) is 43.9 Å². The topological polar surface area (TPSA) is 90.5 Å². The van der Waals surface area contributed by atoms with Crippen molar-refractivity contribution < 1.29 is 18.8 Å². The van der Waals surface area contributed by atoms with E-state index in [0.29, 0.717) is 44.5 Å². The van der Waals surface area contributed by atoms with Gasteiger partial charge < -0.3 is 16.0 Å². The van der Waals surface area contributed by atoms with Crippen LogP contribution in [0.2, 0.25) is 0 Å². The molecule has 2 aliphatic heterocycles. The lowest BCUT2D eigenvalue weighted by molar-refractivity contribution is -0.129. The molecule has 7 nitrogen and oxygen atoms in total. The zero-order valence-electron chi connectivity index (χ0n) is 17.7. The van der Waals surface area contributed by atoms with Gasteiger partial charge in [0.05, 0.1) is 6.04 Å². The van der Waals surface area contributed by atoms with E-state index in [2.05, 4.69) is 20.9 Å². The van der Waals surface area contributed by atoms with Crippen molar-refractivity contribution in [1.29, 1.82) is 0 Å². The summed E-state index contributed by atoms with van der Waals surface area (Å²) in [6, 6.07) is 14.7. The Morgan fingerprint density at radius 2 is 1.84 bits per heavy atom. The van der Waals surface area contributed by atoms with Crippen LogP contribution in [0.15, 0.2) is 54.6 Å². The minimum atomic E-state index is -0.308. The van der Waals surface area contributed by atoms with Crippen LogP contribution in [0.3, 0.4) is 0 Å². The summed E-state index contributed by atoms with van der Waals surface area (Å²) in [4.78, 5) is 39.3. The molecule has 3 amide bonds. The molecule has 0 unspecified atom stereocenters. The molecule has 4 rings (SSSR count). The third kappa shape index (κ3) is 5.31. The van der Waals surface area contributed by atoms with Gasteiger partial charge in [0, 0.05) is 43.7 Å². The third-order valence-electron chi connectivity index (χ3n) is 6.10. The van der Waals surface area contributed by atoms with E-state index in [0.717, 1.165) is 5.56 Å². The SMILES string of the molecule is O=C(CC[C@@H]1CNC(=O)[C@@H]2C[C@@H](NC(=O)c3ccccc3)CN12)NCc1ccc(F)cc1. The van der Waals surface area contributed by atoms with Crippen LogP contribution in [0.25, 0.3) is 0 Å². The van der Waals surface area contributed by atoms with Crippen molar-refractivity contribution in [3.05, 3.63) is 71.5 Å². The highest BCUT2D eigenvalue weighted by molar-refractivity contribution is 5.94. The van der Waals surface area contributed by atoms with E-state index < -0.39 is 0 Å². The molecule has 2 saturated heterocycles. The molecular formula is C24H27FN4O3. The Morgan fingerprint density at radius 1 is 1.09 bits per heavy atom. The quantitative estimate of drug-likeness (QED) is 0.613. The van der Waals surface area contributed by atoms with Gasteiger partial charge in [0.1, 0.15) is 5.82 Å². The third-order valence-corrected chi connectivity index (χ3v) is 6.10. The van der Waals surface area contributed by atoms with E-state index in [4.69, 9.17) is 0 Å². The van der Waals surface area contributed by atoms with Crippen molar-refractivity contribution in [3.63, 3.8) is 0 Å². The molecule has 8 heteroatoms. The molecule has 0 aliphatic carbocycles. The van der Waals surface area contributed by atoms with Crippen molar-refractivity contribution in [2.75, 3.05) is 13.1 Å². The number of hydrogen-bond acceptors (Lipinski definition) is 4. The Hall–Kier alpha value is -3.26. The predicted octanol–water partition coefficient (Wildman–Crippen LogP) is 1.59. The lowest BCUT2D eigenvalue weighted by Crippen LogP contribution is -2.58. The number of carbonyl (C=O) groups excluding carboxylic acids is 3. The Balaban J connectivity index is 1.28. The number of nitrogens with one attached hydrogen (secondary N) is 3. The Kier molecular flexibility index (Phi) is 6.80. The number of nitrogens with zero attached hydrogens (tertiary/aromatic N) is 1. The molecule has 0 saturated carbocycles. The number of fused-ring (bicyclic) bond motifs is 1. The van der Waals surface area contributed by atoms with E-state index in [1.807, 2.05) is 18.2 Å². The highest BCUT2D eigenvalue weighted by atomic mass is 19.1. The fourth-order valence-electron chi connectivity index (χ4n) is 4.40. The number of carbonyl (C=O) groups is 3. The summed E-state index contributed by atoms with van der Waals surface area (Å²) in [5.74, 6) is -0.570. The summed E-state index contributed by atoms with van der Waals surface area (Å²) in [6.07, 6.45) is 1.48. The lowest BCUT2D eigenvalue weighted by Gasteiger charge is -2.37. The van der Waals surface area contributed by atoms with Gasteiger partial charge in [-0.15, -0.1) is 0 Å². The van der Waals surface area contributed by atoms with Crippen LogP contribution >= 0.6 is 0 Å². The minimum absolute atomic E-state index is 0.0292. The van der Waals surface area contributed by atoms with E-state index >= 15 is 0 Å². The summed E-state index contributed by atoms with van der Waals surface area (Å²) in [6.45, 7) is 1.42. The zero-order valence-corrected chi connectivity index (χ0v) is 17.7. The summed E-state index contributed by atoms with van der Waals surface area (Å²) in [7, 11) is 0. The second kappa shape index (κ2) is 9.91. The van der Waals surface area contributed by atoms with Gasteiger partial charge in [-0.2, -0.15) is 0 Å². The van der Waals surface area contributed by atoms with Gasteiger partial charge in [-0.3, -0.25) is 19.3 Å². The van der Waals surface area contributed by atoms with Crippen molar-refractivity contribution in [3.8, 4) is 0 Å². The summed E-state index contributed by atoms with van der Waals surface area (Å²) in [5.41, 5.74) is 1.43. The second-order valence-corrected chi connectivity index (χ2v) is 8.33. The number of rotatable bonds is 7. The first-order valence-electron chi connectivity index (χ1n) is 10.9. The smallest absolute Gasteiger partial charge is 0.251 e. The summed E-state index contributed by atoms with van der Waals surface area (Å²) < 4.78 is 13.0. The number of halogens is 1. The standard InChI is InChI=1S/C24H27FN4O3/c25-18-8-6-16(7-9-18)13-26-22(30)11-10-20-14-27-24(32)21-12-19(15-29(20)21)28-23(31)17-4-2-1-3-5-17/h1-9,19-21H,10-15H2,(H,26,30)(H,27,32)(H,28,31)/t19-,20-,21+/m1/s1. The Bertz CT molecular complexity index is 967. The van der Waals surface area contributed by atoms with Crippen molar-refractivity contribution in [1.82, 2.24) is 20.9 Å². The molecule has 2 aliphatic rings. The molecule has 0 aromatic heterocycles. The van der Waals surface area contributed by atoms with Gasteiger partial charge in [0.2, 0.25) is 11.8 Å². The van der Waals surface area contributed by atoms with E-state index in [1.165, 1.54) is 12.1 Å². The van der Waals surface area contributed by atoms with Crippen LogP contribution in [-0.2, 0) is 16.1 Å². The Labute approximate surface area is 186 Å². The number of piperazine rings is 1. The van der Waals surface area contributed by atoms with Gasteiger partial charge >= 0.3 is 0 Å². The highest BCUT2D eigenvalue weighted by Crippen LogP contribution is 2.26. The maximum atomic E-state index is 13.0. The minimum Gasteiger partial charge on any atom is -0.353 e. The summed E-state index contributed by atoms with van der Waals surface area (Å²) >= 11 is 0. The fraction of sp³-hybridized carbons (Fsp3) is 0.375. The van der Waals surface area contributed by atoms with Crippen LogP contribution in [-0.4, -0.2) is 53.8 Å². The molecule has 0 spiro atoms. The molecule has 2 aromatic rings. The summed E-state index contributed by atoms with van der Waals surface area (Å²) in [5, 5.41) is 8.82. The molecule has 3 atom stereocenters. The number of amides is 3. The largest absolute Gasteiger partial charge is 0.353 e. The number of benzene rings is 2. The van der Waals surface area contributed by atoms with Crippen LogP contribution in [0, 0.1) is 5.82 Å². The van der Waals surface area contributed by atoms with Crippen molar-refractivity contribution >= 4 is 17.7 Å². The van der Waals surface area contributed by atoms with Gasteiger partial charge in [-0.25, -0.2) is 4.39 Å². The van der Waals surface area contributed by atoms with Gasteiger partial charge in [-0.1, -0.05) is 30.3 Å². The molecule has 168 valence electrons. The van der Waals surface area contributed by atoms with E-state index in [-0.39, 0.29) is 41.7 Å². The average molecular weight is 439 g/mol. The van der Waals surface area contributed by atoms with Crippen LogP contribution in [0.5, 0.6) is 0 Å². The first-order chi connectivity index (χ1) is 15.5. The maximum absolute atomic E-state index is 13.0. The van der Waals surface area contributed by atoms with Gasteiger partial charge in [-0.05, 0) is 42.7 Å². The molecule has 2 aromatic carbocycles. The zero-order chi connectivity index (χ0) is 22.5. The maximum Gasteiger partial charge on any atom is 0.251 e. The molecule has 0 bridgehead atoms. The first-order valence-corrected chi connectivity index (χ1v) is 10.9. The first kappa shape index (κ1) is 22.0. The normalized spacial score (nSPS) is 22.7. The van der Waals surface area contributed by atoms with Crippen molar-refractivity contribution in [2.24, 2.45) is 0 Å². The predicted molar refractivity (Wildman–Crippen MR) is 117 cm³/mol. The molecule has 32 heavy (non-hydrogen) atoms. The van der Waals surface area contributed by atoms with Crippen LogP contribution in [0.4, 0.5) is 4.39 Å². The molecule has 2 heterocycles. The van der Waals surface area contributed by atoms with E-state index in [1.54, 1.807) is 24.3 Å². The average Bonchev–Trinajstić information content (AvgIpc) is 3.23. The molecule has 3 N–H and O–H groups in total. The van der Waals surface area contributed by atoms with Crippen LogP contribution < -0.4 is 16.0 Å². The van der Waals surface area contributed by atoms with Gasteiger partial charge in [0.25, 0.3) is 5.91 Å². The molecule has 0 radical (unpaired) electrons. The monoisotopic (exact) mass is 438 g/mol. The number of hydrogen-bond donors (Lipinski definition) is 3. The molecular weight excluding hydrogens is 411 g/mol. The Morgan fingerprint density at radius 3 is 2.59 bits per heavy atom. The lowest BCUT2D eigenvalue weighted by atomic mass is 10.0. The highest BCUT2D eigenvalue weighted by Gasteiger charge is 2.43. The van der Waals surface area contributed by atoms with Gasteiger partial charge in [0.15, 0.2) is 0 Å². The fourth-order valence-corrected chi connectivity index (χ4v) is 4.40.